The molecule has 0 unspecified atom stereocenters. The number of aromatic amines is 1. The van der Waals surface area contributed by atoms with Crippen LogP contribution in [0.25, 0.3) is 11.0 Å². The number of hydrogen-bond acceptors (Lipinski definition) is 1. The summed E-state index contributed by atoms with van der Waals surface area (Å²) < 4.78 is 3.19. The Balaban J connectivity index is 2.80. The van der Waals surface area contributed by atoms with Gasteiger partial charge in [-0.05, 0) is 56.1 Å². The fraction of sp³-hybridized carbons (Fsp3) is 0.533. The largest absolute Gasteiger partial charge is 0.331 e. The average molecular weight is 262 g/mol. The molecule has 1 aromatic carbocycles. The third-order valence-electron chi connectivity index (χ3n) is 4.29. The molecule has 98 valence electrons. The molecule has 0 aliphatic carbocycles. The van der Waals surface area contributed by atoms with E-state index < -0.39 is 0 Å². The smallest absolute Gasteiger partial charge is 0.178 e. The van der Waals surface area contributed by atoms with Crippen LogP contribution >= 0.6 is 12.2 Å². The van der Waals surface area contributed by atoms with Crippen LogP contribution in [0, 0.1) is 11.7 Å². The predicted octanol–water partition coefficient (Wildman–Crippen LogP) is 4.93. The molecule has 1 heterocycles. The van der Waals surface area contributed by atoms with Crippen LogP contribution in [0.1, 0.15) is 45.6 Å². The number of aryl methyl sites for hydroxylation is 1. The van der Waals surface area contributed by atoms with Crippen molar-refractivity contribution in [2.24, 2.45) is 0 Å². The van der Waals surface area contributed by atoms with Gasteiger partial charge in [0.1, 0.15) is 0 Å². The molecular formula is C15H22N2S. The van der Waals surface area contributed by atoms with E-state index in [1.54, 1.807) is 0 Å². The SMILES string of the molecule is CCC(CC)(CC)n1c(=S)[nH]c2ccc(C)cc21. The van der Waals surface area contributed by atoms with Gasteiger partial charge in [-0.15, -0.1) is 0 Å². The summed E-state index contributed by atoms with van der Waals surface area (Å²) in [7, 11) is 0. The van der Waals surface area contributed by atoms with Crippen LogP contribution in [0.15, 0.2) is 18.2 Å². The number of nitrogens with zero attached hydrogens (tertiary/aromatic N) is 1. The van der Waals surface area contributed by atoms with E-state index in [-0.39, 0.29) is 5.54 Å². The lowest BCUT2D eigenvalue weighted by molar-refractivity contribution is 0.255. The molecule has 18 heavy (non-hydrogen) atoms. The van der Waals surface area contributed by atoms with E-state index in [1.807, 2.05) is 0 Å². The molecule has 0 amide bonds. The van der Waals surface area contributed by atoms with Gasteiger partial charge in [-0.3, -0.25) is 0 Å². The number of imidazole rings is 1. The molecule has 0 atom stereocenters. The van der Waals surface area contributed by atoms with Crippen molar-refractivity contribution in [3.8, 4) is 0 Å². The van der Waals surface area contributed by atoms with Gasteiger partial charge in [0, 0.05) is 5.54 Å². The number of fused-ring (bicyclic) bond motifs is 1. The summed E-state index contributed by atoms with van der Waals surface area (Å²) >= 11 is 5.55. The Hall–Kier alpha value is -1.09. The Morgan fingerprint density at radius 2 is 1.78 bits per heavy atom. The van der Waals surface area contributed by atoms with Crippen molar-refractivity contribution in [1.82, 2.24) is 9.55 Å². The molecule has 0 aliphatic heterocycles. The van der Waals surface area contributed by atoms with Crippen LogP contribution in [-0.4, -0.2) is 9.55 Å². The third kappa shape index (κ3) is 1.91. The number of aromatic nitrogens is 2. The zero-order valence-electron chi connectivity index (χ0n) is 11.7. The summed E-state index contributed by atoms with van der Waals surface area (Å²) in [5, 5.41) is 0. The summed E-state index contributed by atoms with van der Waals surface area (Å²) in [5.41, 5.74) is 3.81. The van der Waals surface area contributed by atoms with Crippen LogP contribution in [0.2, 0.25) is 0 Å². The number of hydrogen-bond donors (Lipinski definition) is 1. The molecule has 0 radical (unpaired) electrons. The maximum atomic E-state index is 5.55. The van der Waals surface area contributed by atoms with Crippen molar-refractivity contribution < 1.29 is 0 Å². The number of nitrogens with one attached hydrogen (secondary N) is 1. The van der Waals surface area contributed by atoms with E-state index in [1.165, 1.54) is 11.1 Å². The van der Waals surface area contributed by atoms with Gasteiger partial charge in [0.2, 0.25) is 0 Å². The van der Waals surface area contributed by atoms with Gasteiger partial charge in [-0.1, -0.05) is 26.8 Å². The van der Waals surface area contributed by atoms with Gasteiger partial charge in [-0.25, -0.2) is 0 Å². The fourth-order valence-electron chi connectivity index (χ4n) is 2.91. The van der Waals surface area contributed by atoms with Crippen LogP contribution in [0.5, 0.6) is 0 Å². The molecule has 1 aromatic heterocycles. The van der Waals surface area contributed by atoms with Gasteiger partial charge in [0.25, 0.3) is 0 Å². The quantitative estimate of drug-likeness (QED) is 0.775. The van der Waals surface area contributed by atoms with Crippen molar-refractivity contribution in [3.05, 3.63) is 28.5 Å². The molecule has 0 spiro atoms. The standard InChI is InChI=1S/C15H22N2S/c1-5-15(6-2,7-3)17-13-10-11(4)8-9-12(13)16-14(17)18/h8-10H,5-7H2,1-4H3,(H,16,18). The Morgan fingerprint density at radius 3 is 2.33 bits per heavy atom. The average Bonchev–Trinajstić information content (AvgIpc) is 2.69. The monoisotopic (exact) mass is 262 g/mol. The highest BCUT2D eigenvalue weighted by molar-refractivity contribution is 7.71. The van der Waals surface area contributed by atoms with Gasteiger partial charge < -0.3 is 9.55 Å². The van der Waals surface area contributed by atoms with Gasteiger partial charge in [0.05, 0.1) is 11.0 Å². The van der Waals surface area contributed by atoms with Crippen molar-refractivity contribution in [2.45, 2.75) is 52.5 Å². The predicted molar refractivity (Wildman–Crippen MR) is 80.7 cm³/mol. The van der Waals surface area contributed by atoms with Crippen molar-refractivity contribution in [2.75, 3.05) is 0 Å². The highest BCUT2D eigenvalue weighted by atomic mass is 32.1. The molecule has 0 fully saturated rings. The fourth-order valence-corrected chi connectivity index (χ4v) is 3.31. The number of H-pyrrole nitrogens is 1. The van der Waals surface area contributed by atoms with E-state index >= 15 is 0 Å². The summed E-state index contributed by atoms with van der Waals surface area (Å²) in [6.07, 6.45) is 3.32. The van der Waals surface area contributed by atoms with Crippen molar-refractivity contribution >= 4 is 23.3 Å². The molecule has 3 heteroatoms. The maximum Gasteiger partial charge on any atom is 0.178 e. The first-order chi connectivity index (χ1) is 8.57. The first-order valence-electron chi connectivity index (χ1n) is 6.79. The van der Waals surface area contributed by atoms with Crippen molar-refractivity contribution in [3.63, 3.8) is 0 Å². The molecule has 2 rings (SSSR count). The summed E-state index contributed by atoms with van der Waals surface area (Å²) in [4.78, 5) is 3.34. The lowest BCUT2D eigenvalue weighted by atomic mass is 9.89. The van der Waals surface area contributed by atoms with Crippen LogP contribution in [0.3, 0.4) is 0 Å². The van der Waals surface area contributed by atoms with E-state index in [4.69, 9.17) is 12.2 Å². The van der Waals surface area contributed by atoms with E-state index in [2.05, 4.69) is 55.4 Å². The van der Waals surface area contributed by atoms with E-state index in [9.17, 15) is 0 Å². The Bertz CT molecular complexity index is 594. The van der Waals surface area contributed by atoms with Crippen LogP contribution in [-0.2, 0) is 5.54 Å². The Morgan fingerprint density at radius 1 is 1.17 bits per heavy atom. The van der Waals surface area contributed by atoms with Gasteiger partial charge in [0.15, 0.2) is 4.77 Å². The minimum Gasteiger partial charge on any atom is -0.331 e. The topological polar surface area (TPSA) is 20.7 Å². The molecule has 0 saturated heterocycles. The molecule has 0 bridgehead atoms. The Kier molecular flexibility index (Phi) is 3.62. The second kappa shape index (κ2) is 4.88. The zero-order chi connectivity index (χ0) is 13.3. The zero-order valence-corrected chi connectivity index (χ0v) is 12.5. The number of benzene rings is 1. The van der Waals surface area contributed by atoms with Crippen molar-refractivity contribution in [1.29, 1.82) is 0 Å². The third-order valence-corrected chi connectivity index (χ3v) is 4.57. The molecule has 0 aliphatic rings. The first kappa shape index (κ1) is 13.3. The summed E-state index contributed by atoms with van der Waals surface area (Å²) in [5.74, 6) is 0. The second-order valence-corrected chi connectivity index (χ2v) is 5.46. The summed E-state index contributed by atoms with van der Waals surface area (Å²) in [6, 6.07) is 6.49. The van der Waals surface area contributed by atoms with E-state index in [0.717, 1.165) is 29.6 Å². The normalized spacial score (nSPS) is 12.2. The van der Waals surface area contributed by atoms with Crippen LogP contribution in [0.4, 0.5) is 0 Å². The molecule has 2 nitrogen and oxygen atoms in total. The lowest BCUT2D eigenvalue weighted by Crippen LogP contribution is -2.31. The minimum absolute atomic E-state index is 0.142. The molecule has 1 N–H and O–H groups in total. The summed E-state index contributed by atoms with van der Waals surface area (Å²) in [6.45, 7) is 8.89. The van der Waals surface area contributed by atoms with Crippen LogP contribution < -0.4 is 0 Å². The van der Waals surface area contributed by atoms with Gasteiger partial charge >= 0.3 is 0 Å². The number of rotatable bonds is 4. The van der Waals surface area contributed by atoms with Gasteiger partial charge in [-0.2, -0.15) is 0 Å². The lowest BCUT2D eigenvalue weighted by Gasteiger charge is -2.33. The Labute approximate surface area is 114 Å². The van der Waals surface area contributed by atoms with E-state index in [0.29, 0.717) is 0 Å². The molecule has 0 saturated carbocycles. The maximum absolute atomic E-state index is 5.55. The molecular weight excluding hydrogens is 240 g/mol. The first-order valence-corrected chi connectivity index (χ1v) is 7.20. The second-order valence-electron chi connectivity index (χ2n) is 5.07. The minimum atomic E-state index is 0.142. The highest BCUT2D eigenvalue weighted by Crippen LogP contribution is 2.33. The highest BCUT2D eigenvalue weighted by Gasteiger charge is 2.28. The molecule has 2 aromatic rings.